The smallest absolute Gasteiger partial charge is 0.286 e. The van der Waals surface area contributed by atoms with E-state index in [1.165, 1.54) is 5.56 Å². The van der Waals surface area contributed by atoms with Gasteiger partial charge in [-0.2, -0.15) is 8.42 Å². The van der Waals surface area contributed by atoms with Gasteiger partial charge in [-0.3, -0.25) is 0 Å². The zero-order chi connectivity index (χ0) is 17.2. The fourth-order valence-electron chi connectivity index (χ4n) is 2.85. The summed E-state index contributed by atoms with van der Waals surface area (Å²) >= 11 is 0. The monoisotopic (exact) mass is 379 g/mol. The van der Waals surface area contributed by atoms with Gasteiger partial charge in [-0.15, -0.1) is 16.8 Å². The normalized spacial score (nSPS) is 16.2. The molecule has 0 aromatic heterocycles. The molecule has 1 aliphatic heterocycles. The number of sulfonamides is 1. The van der Waals surface area contributed by atoms with Crippen LogP contribution >= 0.6 is 12.4 Å². The first-order valence-corrected chi connectivity index (χ1v) is 9.39. The summed E-state index contributed by atoms with van der Waals surface area (Å²) in [6, 6.07) is 17.1. The van der Waals surface area contributed by atoms with Crippen LogP contribution in [0.2, 0.25) is 0 Å². The third kappa shape index (κ3) is 4.39. The molecule has 5 nitrogen and oxygen atoms in total. The van der Waals surface area contributed by atoms with Gasteiger partial charge in [0.2, 0.25) is 0 Å². The van der Waals surface area contributed by atoms with E-state index in [0.717, 1.165) is 0 Å². The van der Waals surface area contributed by atoms with Crippen LogP contribution in [0.3, 0.4) is 0 Å². The zero-order valence-corrected chi connectivity index (χ0v) is 15.8. The minimum Gasteiger partial charge on any atom is -0.341 e. The van der Waals surface area contributed by atoms with Gasteiger partial charge in [0, 0.05) is 6.04 Å². The molecule has 2 N–H and O–H groups in total. The molecule has 7 heteroatoms. The molecule has 0 saturated heterocycles. The molecule has 134 valence electrons. The molecule has 1 unspecified atom stereocenters. The van der Waals surface area contributed by atoms with Gasteiger partial charge in [0.25, 0.3) is 10.0 Å². The third-order valence-corrected chi connectivity index (χ3v) is 5.36. The zero-order valence-electron chi connectivity index (χ0n) is 14.1. The molecule has 0 spiro atoms. The lowest BCUT2D eigenvalue weighted by atomic mass is 9.96. The Labute approximate surface area is 155 Å². The Kier molecular flexibility index (Phi) is 6.21. The summed E-state index contributed by atoms with van der Waals surface area (Å²) in [7, 11) is -3.64. The molecule has 1 atom stereocenters. The highest BCUT2D eigenvalue weighted by molar-refractivity contribution is 7.90. The van der Waals surface area contributed by atoms with Crippen LogP contribution in [-0.4, -0.2) is 20.8 Å². The summed E-state index contributed by atoms with van der Waals surface area (Å²) in [5.41, 5.74) is 1.75. The average Bonchev–Trinajstić information content (AvgIpc) is 2.55. The maximum absolute atomic E-state index is 12.3. The van der Waals surface area contributed by atoms with E-state index in [4.69, 9.17) is 0 Å². The summed E-state index contributed by atoms with van der Waals surface area (Å²) in [6.07, 6.45) is 0. The number of para-hydroxylation sites is 1. The molecule has 0 aliphatic carbocycles. The topological polar surface area (TPSA) is 70.6 Å². The van der Waals surface area contributed by atoms with Crippen LogP contribution in [0, 0.1) is 5.92 Å². The summed E-state index contributed by atoms with van der Waals surface area (Å²) in [6.45, 7) is 4.62. The Morgan fingerprint density at radius 1 is 1.04 bits per heavy atom. The number of hydrogen-bond acceptors (Lipinski definition) is 4. The maximum Gasteiger partial charge on any atom is 0.286 e. The second-order valence-corrected chi connectivity index (χ2v) is 7.72. The molecule has 1 heterocycles. The van der Waals surface area contributed by atoms with Crippen molar-refractivity contribution in [3.05, 3.63) is 60.2 Å². The fraction of sp³-hybridized carbons (Fsp3) is 0.278. The molecule has 3 rings (SSSR count). The van der Waals surface area contributed by atoms with Crippen molar-refractivity contribution in [2.24, 2.45) is 10.3 Å². The molecule has 0 fully saturated rings. The second-order valence-electron chi connectivity index (χ2n) is 6.15. The number of fused-ring (bicyclic) bond motifs is 1. The van der Waals surface area contributed by atoms with Crippen LogP contribution in [0.4, 0.5) is 5.69 Å². The van der Waals surface area contributed by atoms with Gasteiger partial charge in [0.05, 0.1) is 12.2 Å². The predicted molar refractivity (Wildman–Crippen MR) is 104 cm³/mol. The highest BCUT2D eigenvalue weighted by Crippen LogP contribution is 2.27. The number of benzene rings is 2. The highest BCUT2D eigenvalue weighted by atomic mass is 35.5. The lowest BCUT2D eigenvalue weighted by Crippen LogP contribution is -2.35. The number of hydrogen-bond donors (Lipinski definition) is 2. The number of rotatable bonds is 5. The van der Waals surface area contributed by atoms with Crippen molar-refractivity contribution in [2.75, 3.05) is 11.9 Å². The van der Waals surface area contributed by atoms with Crippen LogP contribution in [0.1, 0.15) is 25.5 Å². The third-order valence-electron chi connectivity index (χ3n) is 3.99. The van der Waals surface area contributed by atoms with E-state index in [1.807, 2.05) is 18.2 Å². The van der Waals surface area contributed by atoms with Gasteiger partial charge in [0.15, 0.2) is 0 Å². The summed E-state index contributed by atoms with van der Waals surface area (Å²) in [5.74, 6) is 0.774. The first kappa shape index (κ1) is 19.4. The fourth-order valence-corrected chi connectivity index (χ4v) is 4.00. The number of halogens is 1. The number of nitrogens with zero attached hydrogens (tertiary/aromatic N) is 1. The van der Waals surface area contributed by atoms with Gasteiger partial charge in [-0.05, 0) is 23.6 Å². The molecular weight excluding hydrogens is 358 g/mol. The van der Waals surface area contributed by atoms with E-state index >= 15 is 0 Å². The van der Waals surface area contributed by atoms with E-state index in [1.54, 1.807) is 24.3 Å². The standard InChI is InChI=1S/C18H21N3O2S.ClH/c1-13(2)18(14-8-4-3-5-9-14)19-12-17-20-15-10-6-7-11-16(15)24(22,23)21-17;/h3-11,13,18-19H,12H2,1-2H3,(H,20,21);1H. The lowest BCUT2D eigenvalue weighted by Gasteiger charge is -2.25. The van der Waals surface area contributed by atoms with E-state index < -0.39 is 10.0 Å². The first-order valence-electron chi connectivity index (χ1n) is 7.95. The van der Waals surface area contributed by atoms with Crippen molar-refractivity contribution in [3.8, 4) is 0 Å². The van der Waals surface area contributed by atoms with Crippen LogP contribution in [0.25, 0.3) is 0 Å². The first-order chi connectivity index (χ1) is 11.5. The number of anilines is 1. The number of nitrogens with one attached hydrogen (secondary N) is 2. The van der Waals surface area contributed by atoms with Gasteiger partial charge in [0.1, 0.15) is 10.7 Å². The van der Waals surface area contributed by atoms with Crippen molar-refractivity contribution in [1.82, 2.24) is 5.32 Å². The average molecular weight is 380 g/mol. The SMILES string of the molecule is CC(C)C(NCC1=NS(=O)(=O)c2ccccc2N1)c1ccccc1.Cl. The Hall–Kier alpha value is -1.89. The van der Waals surface area contributed by atoms with Crippen LogP contribution < -0.4 is 10.6 Å². The van der Waals surface area contributed by atoms with Gasteiger partial charge in [-0.25, -0.2) is 0 Å². The molecular formula is C18H22ClN3O2S. The molecule has 25 heavy (non-hydrogen) atoms. The molecule has 1 aliphatic rings. The van der Waals surface area contributed by atoms with Crippen LogP contribution in [0.15, 0.2) is 63.9 Å². The molecule has 0 amide bonds. The van der Waals surface area contributed by atoms with Crippen molar-refractivity contribution >= 4 is 34.0 Å². The van der Waals surface area contributed by atoms with Crippen molar-refractivity contribution in [3.63, 3.8) is 0 Å². The van der Waals surface area contributed by atoms with E-state index in [-0.39, 0.29) is 23.3 Å². The Morgan fingerprint density at radius 2 is 1.68 bits per heavy atom. The Balaban J connectivity index is 0.00000225. The second kappa shape index (κ2) is 7.99. The minimum absolute atomic E-state index is 0. The minimum atomic E-state index is -3.64. The largest absolute Gasteiger partial charge is 0.341 e. The predicted octanol–water partition coefficient (Wildman–Crippen LogP) is 3.61. The van der Waals surface area contributed by atoms with Crippen LogP contribution in [-0.2, 0) is 10.0 Å². The maximum atomic E-state index is 12.3. The van der Waals surface area contributed by atoms with Crippen molar-refractivity contribution in [1.29, 1.82) is 0 Å². The Bertz CT molecular complexity index is 852. The molecule has 0 bridgehead atoms. The van der Waals surface area contributed by atoms with Gasteiger partial charge in [-0.1, -0.05) is 56.3 Å². The number of amidine groups is 1. The summed E-state index contributed by atoms with van der Waals surface area (Å²) in [5, 5.41) is 6.52. The molecule has 2 aromatic carbocycles. The molecule has 0 radical (unpaired) electrons. The van der Waals surface area contributed by atoms with Crippen molar-refractivity contribution in [2.45, 2.75) is 24.8 Å². The van der Waals surface area contributed by atoms with E-state index in [9.17, 15) is 8.42 Å². The molecule has 0 saturated carbocycles. The van der Waals surface area contributed by atoms with Crippen LogP contribution in [0.5, 0.6) is 0 Å². The lowest BCUT2D eigenvalue weighted by molar-refractivity contribution is 0.433. The van der Waals surface area contributed by atoms with E-state index in [0.29, 0.717) is 24.0 Å². The summed E-state index contributed by atoms with van der Waals surface area (Å²) in [4.78, 5) is 0.220. The van der Waals surface area contributed by atoms with Gasteiger partial charge < -0.3 is 10.6 Å². The molecule has 2 aromatic rings. The van der Waals surface area contributed by atoms with E-state index in [2.05, 4.69) is 41.0 Å². The Morgan fingerprint density at radius 3 is 2.36 bits per heavy atom. The summed E-state index contributed by atoms with van der Waals surface area (Å²) < 4.78 is 28.4. The highest BCUT2D eigenvalue weighted by Gasteiger charge is 2.25. The van der Waals surface area contributed by atoms with Crippen molar-refractivity contribution < 1.29 is 8.42 Å². The quantitative estimate of drug-likeness (QED) is 0.832. The van der Waals surface area contributed by atoms with Gasteiger partial charge >= 0.3 is 0 Å².